The first-order valence-corrected chi connectivity index (χ1v) is 11.2. The molecule has 1 atom stereocenters. The van der Waals surface area contributed by atoms with Crippen LogP contribution in [0.1, 0.15) is 12.8 Å². The topological polar surface area (TPSA) is 66.9 Å². The second kappa shape index (κ2) is 8.86. The smallest absolute Gasteiger partial charge is 0.252 e. The Balaban J connectivity index is 1.45. The van der Waals surface area contributed by atoms with Crippen LogP contribution in [0.4, 0.5) is 0 Å². The molecule has 2 heterocycles. The lowest BCUT2D eigenvalue weighted by Crippen LogP contribution is -2.40. The number of likely N-dealkylation sites (N-methyl/N-ethyl adjacent to an activating group) is 1. The minimum absolute atomic E-state index is 0.131. The van der Waals surface area contributed by atoms with Crippen molar-refractivity contribution in [3.63, 3.8) is 0 Å². The number of ether oxygens (including phenoxy) is 1. The molecule has 1 aliphatic heterocycles. The first-order chi connectivity index (χ1) is 13.0. The largest absolute Gasteiger partial charge is 0.494 e. The van der Waals surface area contributed by atoms with Crippen LogP contribution < -0.4 is 4.74 Å². The maximum absolute atomic E-state index is 12.5. The standard InChI is InChI=1S/C19H24N2O4S2/c1-20(27(23,24)19-8-5-13-26-19)15-18(22)21-11-9-16(14-21)10-12-25-17-6-3-2-4-7-17/h2-8,13,16H,9-12,14-15H2,1H3. The number of benzene rings is 1. The SMILES string of the molecule is CN(CC(=O)N1CCC(CCOc2ccccc2)C1)S(=O)(=O)c1cccs1. The first-order valence-electron chi connectivity index (χ1n) is 8.92. The normalized spacial score (nSPS) is 17.4. The molecule has 1 unspecified atom stereocenters. The fraction of sp³-hybridized carbons (Fsp3) is 0.421. The molecule has 0 bridgehead atoms. The molecule has 0 aliphatic carbocycles. The minimum atomic E-state index is -3.59. The number of carbonyl (C=O) groups is 1. The number of carbonyl (C=O) groups excluding carboxylic acids is 1. The van der Waals surface area contributed by atoms with Crippen LogP contribution in [0.5, 0.6) is 5.75 Å². The highest BCUT2D eigenvalue weighted by atomic mass is 32.2. The van der Waals surface area contributed by atoms with E-state index in [1.807, 2.05) is 30.3 Å². The zero-order valence-corrected chi connectivity index (χ0v) is 16.9. The van der Waals surface area contributed by atoms with E-state index in [2.05, 4.69) is 0 Å². The number of likely N-dealkylation sites (tertiary alicyclic amines) is 1. The predicted molar refractivity (Wildman–Crippen MR) is 105 cm³/mol. The third-order valence-electron chi connectivity index (χ3n) is 4.69. The van der Waals surface area contributed by atoms with E-state index in [-0.39, 0.29) is 16.7 Å². The Labute approximate surface area is 164 Å². The van der Waals surface area contributed by atoms with Crippen molar-refractivity contribution in [1.29, 1.82) is 0 Å². The van der Waals surface area contributed by atoms with Gasteiger partial charge in [-0.3, -0.25) is 4.79 Å². The van der Waals surface area contributed by atoms with E-state index in [1.54, 1.807) is 22.4 Å². The van der Waals surface area contributed by atoms with Gasteiger partial charge in [-0.2, -0.15) is 4.31 Å². The fourth-order valence-electron chi connectivity index (χ4n) is 3.09. The summed E-state index contributed by atoms with van der Waals surface area (Å²) in [5, 5.41) is 1.71. The van der Waals surface area contributed by atoms with Crippen molar-refractivity contribution in [2.24, 2.45) is 5.92 Å². The van der Waals surface area contributed by atoms with Crippen molar-refractivity contribution in [2.45, 2.75) is 17.1 Å². The molecule has 0 radical (unpaired) electrons. The molecule has 1 fully saturated rings. The van der Waals surface area contributed by atoms with Crippen molar-refractivity contribution >= 4 is 27.3 Å². The van der Waals surface area contributed by atoms with Gasteiger partial charge in [0.25, 0.3) is 10.0 Å². The molecule has 0 N–H and O–H groups in total. The van der Waals surface area contributed by atoms with Gasteiger partial charge in [-0.25, -0.2) is 8.42 Å². The lowest BCUT2D eigenvalue weighted by molar-refractivity contribution is -0.130. The van der Waals surface area contributed by atoms with E-state index >= 15 is 0 Å². The maximum Gasteiger partial charge on any atom is 0.252 e. The number of para-hydroxylation sites is 1. The summed E-state index contributed by atoms with van der Waals surface area (Å²) in [4.78, 5) is 14.3. The monoisotopic (exact) mass is 408 g/mol. The molecular weight excluding hydrogens is 384 g/mol. The van der Waals surface area contributed by atoms with Crippen LogP contribution in [0.15, 0.2) is 52.1 Å². The summed E-state index contributed by atoms with van der Waals surface area (Å²) in [6, 6.07) is 12.9. The second-order valence-corrected chi connectivity index (χ2v) is 9.86. The van der Waals surface area contributed by atoms with Gasteiger partial charge < -0.3 is 9.64 Å². The molecule has 1 aromatic heterocycles. The highest BCUT2D eigenvalue weighted by Gasteiger charge is 2.30. The Morgan fingerprint density at radius 3 is 2.74 bits per heavy atom. The van der Waals surface area contributed by atoms with E-state index in [1.165, 1.54) is 7.05 Å². The van der Waals surface area contributed by atoms with Gasteiger partial charge in [0.15, 0.2) is 0 Å². The molecule has 27 heavy (non-hydrogen) atoms. The summed E-state index contributed by atoms with van der Waals surface area (Å²) >= 11 is 1.16. The molecule has 1 aromatic carbocycles. The van der Waals surface area contributed by atoms with E-state index in [9.17, 15) is 13.2 Å². The Kier molecular flexibility index (Phi) is 6.51. The van der Waals surface area contributed by atoms with Gasteiger partial charge in [-0.05, 0) is 42.3 Å². The quantitative estimate of drug-likeness (QED) is 0.674. The van der Waals surface area contributed by atoms with E-state index in [0.29, 0.717) is 25.6 Å². The molecule has 2 aromatic rings. The average molecular weight is 409 g/mol. The van der Waals surface area contributed by atoms with Gasteiger partial charge in [-0.15, -0.1) is 11.3 Å². The summed E-state index contributed by atoms with van der Waals surface area (Å²) in [7, 11) is -2.14. The Morgan fingerprint density at radius 1 is 1.26 bits per heavy atom. The summed E-state index contributed by atoms with van der Waals surface area (Å²) in [5.41, 5.74) is 0. The molecule has 0 spiro atoms. The number of hydrogen-bond donors (Lipinski definition) is 0. The van der Waals surface area contributed by atoms with Crippen LogP contribution in [0.2, 0.25) is 0 Å². The van der Waals surface area contributed by atoms with Crippen LogP contribution in [0.3, 0.4) is 0 Å². The third kappa shape index (κ3) is 5.09. The average Bonchev–Trinajstić information content (AvgIpc) is 3.35. The summed E-state index contributed by atoms with van der Waals surface area (Å²) in [6.07, 6.45) is 1.80. The van der Waals surface area contributed by atoms with Crippen molar-refractivity contribution < 1.29 is 17.9 Å². The summed E-state index contributed by atoms with van der Waals surface area (Å²) in [6.45, 7) is 1.81. The lowest BCUT2D eigenvalue weighted by Gasteiger charge is -2.21. The van der Waals surface area contributed by atoms with Gasteiger partial charge in [0, 0.05) is 20.1 Å². The number of nitrogens with zero attached hydrogens (tertiary/aromatic N) is 2. The van der Waals surface area contributed by atoms with Crippen LogP contribution in [-0.2, 0) is 14.8 Å². The number of sulfonamides is 1. The first kappa shape index (κ1) is 19.9. The van der Waals surface area contributed by atoms with Crippen LogP contribution in [-0.4, -0.2) is 56.8 Å². The third-order valence-corrected chi connectivity index (χ3v) is 7.87. The van der Waals surface area contributed by atoms with Crippen molar-refractivity contribution in [3.05, 3.63) is 47.8 Å². The summed E-state index contributed by atoms with van der Waals surface area (Å²) in [5.74, 6) is 1.09. The Bertz CT molecular complexity index is 838. The molecule has 146 valence electrons. The molecular formula is C19H24N2O4S2. The maximum atomic E-state index is 12.5. The van der Waals surface area contributed by atoms with Crippen molar-refractivity contribution in [2.75, 3.05) is 33.3 Å². The zero-order valence-electron chi connectivity index (χ0n) is 15.3. The Morgan fingerprint density at radius 2 is 2.04 bits per heavy atom. The fourth-order valence-corrected chi connectivity index (χ4v) is 5.42. The van der Waals surface area contributed by atoms with Crippen molar-refractivity contribution in [1.82, 2.24) is 9.21 Å². The van der Waals surface area contributed by atoms with Gasteiger partial charge in [0.1, 0.15) is 9.96 Å². The predicted octanol–water partition coefficient (Wildman–Crippen LogP) is 2.69. The molecule has 1 aliphatic rings. The second-order valence-electron chi connectivity index (χ2n) is 6.64. The van der Waals surface area contributed by atoms with Gasteiger partial charge in [0.2, 0.25) is 5.91 Å². The molecule has 1 saturated heterocycles. The molecule has 6 nitrogen and oxygen atoms in total. The number of amides is 1. The van der Waals surface area contributed by atoms with E-state index in [0.717, 1.165) is 34.2 Å². The summed E-state index contributed by atoms with van der Waals surface area (Å²) < 4.78 is 32.0. The Hall–Kier alpha value is -1.90. The molecule has 1 amide bonds. The van der Waals surface area contributed by atoms with Crippen LogP contribution >= 0.6 is 11.3 Å². The zero-order chi connectivity index (χ0) is 19.3. The van der Waals surface area contributed by atoms with Crippen LogP contribution in [0, 0.1) is 5.92 Å². The van der Waals surface area contributed by atoms with E-state index in [4.69, 9.17) is 4.74 Å². The van der Waals surface area contributed by atoms with E-state index < -0.39 is 10.0 Å². The number of hydrogen-bond acceptors (Lipinski definition) is 5. The van der Waals surface area contributed by atoms with Crippen molar-refractivity contribution in [3.8, 4) is 5.75 Å². The number of rotatable bonds is 8. The number of thiophene rings is 1. The highest BCUT2D eigenvalue weighted by Crippen LogP contribution is 2.22. The molecule has 3 rings (SSSR count). The molecule has 8 heteroatoms. The lowest BCUT2D eigenvalue weighted by atomic mass is 10.1. The van der Waals surface area contributed by atoms with Gasteiger partial charge in [0.05, 0.1) is 13.2 Å². The van der Waals surface area contributed by atoms with Crippen LogP contribution in [0.25, 0.3) is 0 Å². The van der Waals surface area contributed by atoms with Gasteiger partial charge >= 0.3 is 0 Å². The minimum Gasteiger partial charge on any atom is -0.494 e. The molecule has 0 saturated carbocycles. The van der Waals surface area contributed by atoms with Gasteiger partial charge in [-0.1, -0.05) is 24.3 Å². The highest BCUT2D eigenvalue weighted by molar-refractivity contribution is 7.91.